The molecule has 2 aliphatic heterocycles. The molecule has 1 aromatic heterocycles. The van der Waals surface area contributed by atoms with Crippen LogP contribution in [0.4, 0.5) is 11.4 Å². The Labute approximate surface area is 197 Å². The van der Waals surface area contributed by atoms with E-state index in [0.29, 0.717) is 11.4 Å². The molecule has 1 saturated heterocycles. The van der Waals surface area contributed by atoms with E-state index >= 15 is 0 Å². The minimum atomic E-state index is -3.51. The first kappa shape index (κ1) is 22.1. The number of sulfonamides is 1. The summed E-state index contributed by atoms with van der Waals surface area (Å²) in [6, 6.07) is 13.4. The van der Waals surface area contributed by atoms with Gasteiger partial charge >= 0.3 is 0 Å². The van der Waals surface area contributed by atoms with Gasteiger partial charge in [-0.25, -0.2) is 13.1 Å². The number of nitrogens with zero attached hydrogens (tertiary/aromatic N) is 2. The summed E-state index contributed by atoms with van der Waals surface area (Å²) in [5.74, 6) is 0.605. The van der Waals surface area contributed by atoms with Crippen molar-refractivity contribution in [1.82, 2.24) is 9.62 Å². The molecule has 0 radical (unpaired) electrons. The maximum absolute atomic E-state index is 12.7. The molecule has 0 saturated carbocycles. The molecule has 0 unspecified atom stereocenters. The van der Waals surface area contributed by atoms with Crippen LogP contribution in [0.15, 0.2) is 52.7 Å². The molecule has 0 bridgehead atoms. The van der Waals surface area contributed by atoms with Crippen LogP contribution in [0.1, 0.15) is 6.42 Å². The zero-order valence-electron chi connectivity index (χ0n) is 18.1. The second kappa shape index (κ2) is 9.30. The topological polar surface area (TPSA) is 91.0 Å². The van der Waals surface area contributed by atoms with Gasteiger partial charge in [-0.3, -0.25) is 9.69 Å². The van der Waals surface area contributed by atoms with Crippen LogP contribution in [-0.2, 0) is 14.8 Å². The lowest BCUT2D eigenvalue weighted by atomic mass is 10.2. The molecule has 1 fully saturated rings. The van der Waals surface area contributed by atoms with E-state index in [4.69, 9.17) is 4.74 Å². The predicted molar refractivity (Wildman–Crippen MR) is 131 cm³/mol. The summed E-state index contributed by atoms with van der Waals surface area (Å²) >= 11 is 1.45. The monoisotopic (exact) mass is 486 g/mol. The Bertz CT molecular complexity index is 1270. The van der Waals surface area contributed by atoms with E-state index in [0.717, 1.165) is 66.4 Å². The number of hydrogen-bond acceptors (Lipinski definition) is 7. The largest absolute Gasteiger partial charge is 0.479 e. The average molecular weight is 487 g/mol. The molecule has 3 aromatic rings. The molecule has 0 spiro atoms. The van der Waals surface area contributed by atoms with E-state index in [2.05, 4.69) is 19.8 Å². The summed E-state index contributed by atoms with van der Waals surface area (Å²) in [6.45, 7) is 4.75. The van der Waals surface area contributed by atoms with Crippen molar-refractivity contribution in [2.45, 2.75) is 11.3 Å². The van der Waals surface area contributed by atoms with E-state index in [-0.39, 0.29) is 12.5 Å². The van der Waals surface area contributed by atoms with Crippen molar-refractivity contribution in [1.29, 1.82) is 0 Å². The summed E-state index contributed by atoms with van der Waals surface area (Å²) in [5, 5.41) is 5.35. The molecule has 1 amide bonds. The van der Waals surface area contributed by atoms with Gasteiger partial charge in [0.15, 0.2) is 12.4 Å². The molecule has 2 N–H and O–H groups in total. The van der Waals surface area contributed by atoms with Gasteiger partial charge in [0.1, 0.15) is 4.90 Å². The van der Waals surface area contributed by atoms with E-state index < -0.39 is 10.0 Å². The number of nitrogens with one attached hydrogen (secondary N) is 2. The summed E-state index contributed by atoms with van der Waals surface area (Å²) in [6.07, 6.45) is 0.747. The molecule has 8 nitrogen and oxygen atoms in total. The molecular weight excluding hydrogens is 460 g/mol. The molecule has 174 valence electrons. The van der Waals surface area contributed by atoms with Crippen LogP contribution in [0.5, 0.6) is 5.75 Å². The first-order valence-electron chi connectivity index (χ1n) is 11.0. The van der Waals surface area contributed by atoms with Gasteiger partial charge in [-0.1, -0.05) is 24.3 Å². The lowest BCUT2D eigenvalue weighted by Gasteiger charge is -2.37. The van der Waals surface area contributed by atoms with Crippen LogP contribution >= 0.6 is 11.3 Å². The summed E-state index contributed by atoms with van der Waals surface area (Å²) < 4.78 is 34.9. The van der Waals surface area contributed by atoms with Gasteiger partial charge < -0.3 is 15.0 Å². The van der Waals surface area contributed by atoms with Crippen molar-refractivity contribution < 1.29 is 17.9 Å². The first-order chi connectivity index (χ1) is 16.0. The molecule has 0 aliphatic carbocycles. The van der Waals surface area contributed by atoms with Crippen LogP contribution in [-0.4, -0.2) is 65.1 Å². The number of carbonyl (C=O) groups excluding carboxylic acids is 1. The number of ether oxygens (including phenoxy) is 1. The second-order valence-electron chi connectivity index (χ2n) is 8.17. The zero-order chi connectivity index (χ0) is 22.8. The number of piperazine rings is 1. The third-order valence-corrected chi connectivity index (χ3v) is 8.62. The first-order valence-corrected chi connectivity index (χ1v) is 13.4. The third kappa shape index (κ3) is 4.70. The fourth-order valence-corrected chi connectivity index (χ4v) is 6.88. The standard InChI is InChI=1S/C23H26N4O4S2/c28-22-15-31-23-18(25-22)6-3-7-19(23)27-13-11-26(12-14-27)10-4-9-24-33(29,30)21-16-32-20-8-2-1-5-17(20)21/h1-3,5-8,16,24H,4,9-15H2,(H,25,28). The zero-order valence-corrected chi connectivity index (χ0v) is 19.8. The summed E-state index contributed by atoms with van der Waals surface area (Å²) in [5.41, 5.74) is 1.72. The number of fused-ring (bicyclic) bond motifs is 2. The van der Waals surface area contributed by atoms with E-state index in [1.807, 2.05) is 42.5 Å². The second-order valence-corrected chi connectivity index (χ2v) is 10.8. The number of carbonyl (C=O) groups is 1. The third-order valence-electron chi connectivity index (χ3n) is 6.01. The normalized spacial score (nSPS) is 17.0. The Balaban J connectivity index is 1.11. The van der Waals surface area contributed by atoms with Crippen molar-refractivity contribution in [2.75, 3.05) is 56.1 Å². The average Bonchev–Trinajstić information content (AvgIpc) is 3.27. The van der Waals surface area contributed by atoms with Gasteiger partial charge in [0, 0.05) is 48.2 Å². The van der Waals surface area contributed by atoms with E-state index in [1.54, 1.807) is 5.38 Å². The van der Waals surface area contributed by atoms with Gasteiger partial charge in [0.2, 0.25) is 10.0 Å². The number of para-hydroxylation sites is 1. The maximum atomic E-state index is 12.7. The lowest BCUT2D eigenvalue weighted by molar-refractivity contribution is -0.118. The Morgan fingerprint density at radius 3 is 2.73 bits per heavy atom. The molecule has 5 rings (SSSR count). The van der Waals surface area contributed by atoms with Crippen LogP contribution < -0.4 is 19.7 Å². The van der Waals surface area contributed by atoms with Crippen molar-refractivity contribution in [3.05, 3.63) is 47.8 Å². The Morgan fingerprint density at radius 1 is 1.06 bits per heavy atom. The highest BCUT2D eigenvalue weighted by Crippen LogP contribution is 2.38. The molecule has 0 atom stereocenters. The highest BCUT2D eigenvalue weighted by molar-refractivity contribution is 7.90. The highest BCUT2D eigenvalue weighted by Gasteiger charge is 2.25. The fraction of sp³-hybridized carbons (Fsp3) is 0.348. The number of anilines is 2. The number of rotatable bonds is 7. The number of benzene rings is 2. The Hall–Kier alpha value is -2.66. The molecule has 2 aromatic carbocycles. The number of thiophene rings is 1. The quantitative estimate of drug-likeness (QED) is 0.499. The fourth-order valence-electron chi connectivity index (χ4n) is 4.31. The van der Waals surface area contributed by atoms with E-state index in [1.165, 1.54) is 11.3 Å². The van der Waals surface area contributed by atoms with Crippen molar-refractivity contribution in [2.24, 2.45) is 0 Å². The van der Waals surface area contributed by atoms with Crippen molar-refractivity contribution in [3.8, 4) is 5.75 Å². The minimum Gasteiger partial charge on any atom is -0.479 e. The number of hydrogen-bond donors (Lipinski definition) is 2. The maximum Gasteiger partial charge on any atom is 0.262 e. The molecule has 3 heterocycles. The molecule has 2 aliphatic rings. The Morgan fingerprint density at radius 2 is 1.88 bits per heavy atom. The summed E-state index contributed by atoms with van der Waals surface area (Å²) in [7, 11) is -3.51. The van der Waals surface area contributed by atoms with Crippen LogP contribution in [0.3, 0.4) is 0 Å². The van der Waals surface area contributed by atoms with Crippen LogP contribution in [0.2, 0.25) is 0 Å². The van der Waals surface area contributed by atoms with Gasteiger partial charge in [-0.05, 0) is 31.2 Å². The highest BCUT2D eigenvalue weighted by atomic mass is 32.2. The van der Waals surface area contributed by atoms with Crippen molar-refractivity contribution >= 4 is 48.7 Å². The van der Waals surface area contributed by atoms with Gasteiger partial charge in [0.25, 0.3) is 5.91 Å². The van der Waals surface area contributed by atoms with Crippen molar-refractivity contribution in [3.63, 3.8) is 0 Å². The van der Waals surface area contributed by atoms with Gasteiger partial charge in [0.05, 0.1) is 11.4 Å². The molecule has 33 heavy (non-hydrogen) atoms. The van der Waals surface area contributed by atoms with E-state index in [9.17, 15) is 13.2 Å². The minimum absolute atomic E-state index is 0.0427. The summed E-state index contributed by atoms with van der Waals surface area (Å²) in [4.78, 5) is 16.6. The SMILES string of the molecule is O=C1COc2c(cccc2N2CCN(CCCNS(=O)(=O)c3csc4ccccc34)CC2)N1. The molecular formula is C23H26N4O4S2. The van der Waals surface area contributed by atoms with Gasteiger partial charge in [-0.15, -0.1) is 11.3 Å². The van der Waals surface area contributed by atoms with Gasteiger partial charge in [-0.2, -0.15) is 0 Å². The Kier molecular flexibility index (Phi) is 6.24. The molecule has 10 heteroatoms. The number of amides is 1. The van der Waals surface area contributed by atoms with Crippen LogP contribution in [0, 0.1) is 0 Å². The lowest BCUT2D eigenvalue weighted by Crippen LogP contribution is -2.47. The predicted octanol–water partition coefficient (Wildman–Crippen LogP) is 2.72. The smallest absolute Gasteiger partial charge is 0.262 e. The van der Waals surface area contributed by atoms with Crippen LogP contribution in [0.25, 0.3) is 10.1 Å².